The van der Waals surface area contributed by atoms with Gasteiger partial charge in [0.1, 0.15) is 0 Å². The predicted molar refractivity (Wildman–Crippen MR) is 77.7 cm³/mol. The average molecular weight is 288 g/mol. The molecule has 0 saturated heterocycles. The molecule has 1 aromatic carbocycles. The van der Waals surface area contributed by atoms with Crippen molar-refractivity contribution in [3.05, 3.63) is 35.5 Å². The Kier molecular flexibility index (Phi) is 4.71. The van der Waals surface area contributed by atoms with Crippen LogP contribution in [0.1, 0.15) is 29.4 Å². The molecule has 0 aliphatic heterocycles. The molecule has 1 N–H and O–H groups in total. The Morgan fingerprint density at radius 3 is 2.90 bits per heavy atom. The lowest BCUT2D eigenvalue weighted by Crippen LogP contribution is -2.01. The number of benzene rings is 1. The van der Waals surface area contributed by atoms with Crippen LogP contribution in [0.5, 0.6) is 0 Å². The van der Waals surface area contributed by atoms with Gasteiger partial charge in [0.15, 0.2) is 0 Å². The summed E-state index contributed by atoms with van der Waals surface area (Å²) >= 11 is 0. The molecule has 0 spiro atoms. The highest BCUT2D eigenvalue weighted by atomic mass is 16.5. The lowest BCUT2D eigenvalue weighted by atomic mass is 10.1. The first-order valence-electron chi connectivity index (χ1n) is 6.54. The first kappa shape index (κ1) is 14.8. The van der Waals surface area contributed by atoms with Crippen molar-refractivity contribution in [1.82, 2.24) is 10.2 Å². The van der Waals surface area contributed by atoms with E-state index in [9.17, 15) is 9.59 Å². The summed E-state index contributed by atoms with van der Waals surface area (Å²) in [6, 6.07) is 5.14. The smallest absolute Gasteiger partial charge is 0.337 e. The van der Waals surface area contributed by atoms with Crippen LogP contribution in [-0.2, 0) is 14.3 Å². The van der Waals surface area contributed by atoms with E-state index < -0.39 is 5.97 Å². The lowest BCUT2D eigenvalue weighted by molar-refractivity contribution is -0.142. The van der Waals surface area contributed by atoms with Crippen LogP contribution in [-0.4, -0.2) is 35.9 Å². The van der Waals surface area contributed by atoms with Crippen molar-refractivity contribution in [2.24, 2.45) is 0 Å². The van der Waals surface area contributed by atoms with Gasteiger partial charge in [-0.05, 0) is 31.2 Å². The fraction of sp³-hybridized carbons (Fsp3) is 0.267. The predicted octanol–water partition coefficient (Wildman–Crippen LogP) is 2.32. The molecule has 0 fully saturated rings. The third kappa shape index (κ3) is 3.47. The van der Waals surface area contributed by atoms with Gasteiger partial charge in [0.05, 0.1) is 36.9 Å². The van der Waals surface area contributed by atoms with Crippen LogP contribution in [0.2, 0.25) is 0 Å². The zero-order valence-electron chi connectivity index (χ0n) is 11.9. The highest BCUT2D eigenvalue weighted by Gasteiger charge is 2.09. The number of aromatic nitrogens is 2. The molecule has 0 amide bonds. The molecule has 1 heterocycles. The van der Waals surface area contributed by atoms with E-state index in [0.29, 0.717) is 17.9 Å². The van der Waals surface area contributed by atoms with E-state index in [1.165, 1.54) is 7.11 Å². The molecular weight excluding hydrogens is 272 g/mol. The number of ether oxygens (including phenoxy) is 2. The topological polar surface area (TPSA) is 81.3 Å². The molecule has 6 heteroatoms. The van der Waals surface area contributed by atoms with Crippen LogP contribution < -0.4 is 0 Å². The molecule has 1 aromatic heterocycles. The summed E-state index contributed by atoms with van der Waals surface area (Å²) in [4.78, 5) is 22.7. The summed E-state index contributed by atoms with van der Waals surface area (Å²) in [7, 11) is 1.34. The quantitative estimate of drug-likeness (QED) is 0.854. The second kappa shape index (κ2) is 6.69. The highest BCUT2D eigenvalue weighted by molar-refractivity contribution is 5.96. The first-order valence-corrected chi connectivity index (χ1v) is 6.54. The second-order valence-electron chi connectivity index (χ2n) is 4.27. The van der Waals surface area contributed by atoms with Crippen molar-refractivity contribution < 1.29 is 19.1 Å². The molecule has 0 bridgehead atoms. The largest absolute Gasteiger partial charge is 0.466 e. The van der Waals surface area contributed by atoms with Gasteiger partial charge in [0.25, 0.3) is 0 Å². The summed E-state index contributed by atoms with van der Waals surface area (Å²) in [6.45, 7) is 2.13. The van der Waals surface area contributed by atoms with Gasteiger partial charge >= 0.3 is 11.9 Å². The number of esters is 2. The van der Waals surface area contributed by atoms with Gasteiger partial charge in [0, 0.05) is 5.39 Å². The van der Waals surface area contributed by atoms with Crippen molar-refractivity contribution >= 4 is 28.9 Å². The van der Waals surface area contributed by atoms with E-state index >= 15 is 0 Å². The van der Waals surface area contributed by atoms with E-state index in [-0.39, 0.29) is 12.4 Å². The zero-order chi connectivity index (χ0) is 15.2. The van der Waals surface area contributed by atoms with E-state index in [0.717, 1.165) is 10.9 Å². The number of rotatable bonds is 5. The summed E-state index contributed by atoms with van der Waals surface area (Å²) in [5, 5.41) is 7.86. The molecule has 0 radical (unpaired) electrons. The first-order chi connectivity index (χ1) is 10.2. The third-order valence-corrected chi connectivity index (χ3v) is 2.88. The third-order valence-electron chi connectivity index (χ3n) is 2.88. The molecule has 0 saturated carbocycles. The van der Waals surface area contributed by atoms with Gasteiger partial charge in [-0.15, -0.1) is 0 Å². The highest BCUT2D eigenvalue weighted by Crippen LogP contribution is 2.19. The fourth-order valence-electron chi connectivity index (χ4n) is 1.90. The number of fused-ring (bicyclic) bond motifs is 1. The number of nitrogens with zero attached hydrogens (tertiary/aromatic N) is 1. The van der Waals surface area contributed by atoms with E-state index in [2.05, 4.69) is 14.9 Å². The van der Waals surface area contributed by atoms with Gasteiger partial charge in [0.2, 0.25) is 0 Å². The SMILES string of the molecule is CCOC(=O)CC=Cc1n[nH]c2cc(C(=O)OC)ccc12. The van der Waals surface area contributed by atoms with Crippen molar-refractivity contribution in [3.8, 4) is 0 Å². The van der Waals surface area contributed by atoms with E-state index in [4.69, 9.17) is 4.74 Å². The zero-order valence-corrected chi connectivity index (χ0v) is 11.9. The minimum Gasteiger partial charge on any atom is -0.466 e. The van der Waals surface area contributed by atoms with Crippen LogP contribution in [0.15, 0.2) is 24.3 Å². The van der Waals surface area contributed by atoms with Gasteiger partial charge < -0.3 is 9.47 Å². The number of hydrogen-bond acceptors (Lipinski definition) is 5. The van der Waals surface area contributed by atoms with Gasteiger partial charge in [-0.25, -0.2) is 4.79 Å². The van der Waals surface area contributed by atoms with Crippen molar-refractivity contribution in [2.45, 2.75) is 13.3 Å². The van der Waals surface area contributed by atoms with Crippen LogP contribution in [0.3, 0.4) is 0 Å². The molecule has 21 heavy (non-hydrogen) atoms. The maximum atomic E-state index is 11.5. The van der Waals surface area contributed by atoms with Crippen LogP contribution in [0.25, 0.3) is 17.0 Å². The number of H-pyrrole nitrogens is 1. The Labute approximate surface area is 121 Å². The monoisotopic (exact) mass is 288 g/mol. The summed E-state index contributed by atoms with van der Waals surface area (Å²) < 4.78 is 9.50. The number of methoxy groups -OCH3 is 1. The molecule has 0 aliphatic rings. The van der Waals surface area contributed by atoms with Gasteiger partial charge in [-0.2, -0.15) is 5.10 Å². The molecule has 0 aliphatic carbocycles. The Morgan fingerprint density at radius 1 is 1.38 bits per heavy atom. The van der Waals surface area contributed by atoms with Crippen molar-refractivity contribution in [3.63, 3.8) is 0 Å². The summed E-state index contributed by atoms with van der Waals surface area (Å²) in [5.41, 5.74) is 1.88. The summed E-state index contributed by atoms with van der Waals surface area (Å²) in [6.07, 6.45) is 3.64. The molecule has 6 nitrogen and oxygen atoms in total. The van der Waals surface area contributed by atoms with Crippen LogP contribution in [0.4, 0.5) is 0 Å². The minimum absolute atomic E-state index is 0.197. The molecule has 0 atom stereocenters. The molecule has 0 unspecified atom stereocenters. The van der Waals surface area contributed by atoms with Gasteiger partial charge in [-0.1, -0.05) is 6.08 Å². The number of aromatic amines is 1. The summed E-state index contributed by atoms with van der Waals surface area (Å²) in [5.74, 6) is -0.674. The Hall–Kier alpha value is -2.63. The van der Waals surface area contributed by atoms with Crippen molar-refractivity contribution in [1.29, 1.82) is 0 Å². The number of hydrogen-bond donors (Lipinski definition) is 1. The molecule has 110 valence electrons. The standard InChI is InChI=1S/C15H16N2O4/c1-3-21-14(18)6-4-5-12-11-8-7-10(15(19)20-2)9-13(11)17-16-12/h4-5,7-9H,3,6H2,1-2H3,(H,16,17). The Balaban J connectivity index is 2.17. The van der Waals surface area contributed by atoms with E-state index in [1.807, 2.05) is 0 Å². The Bertz CT molecular complexity index is 688. The van der Waals surface area contributed by atoms with Crippen molar-refractivity contribution in [2.75, 3.05) is 13.7 Å². The number of carbonyl (C=O) groups is 2. The van der Waals surface area contributed by atoms with Gasteiger partial charge in [-0.3, -0.25) is 9.89 Å². The number of carbonyl (C=O) groups excluding carboxylic acids is 2. The second-order valence-corrected chi connectivity index (χ2v) is 4.27. The maximum Gasteiger partial charge on any atom is 0.337 e. The Morgan fingerprint density at radius 2 is 2.19 bits per heavy atom. The van der Waals surface area contributed by atoms with Crippen LogP contribution >= 0.6 is 0 Å². The molecule has 2 rings (SSSR count). The van der Waals surface area contributed by atoms with E-state index in [1.54, 1.807) is 37.3 Å². The molecule has 2 aromatic rings. The lowest BCUT2D eigenvalue weighted by Gasteiger charge is -1.98. The minimum atomic E-state index is -0.397. The normalized spacial score (nSPS) is 11.0. The average Bonchev–Trinajstić information content (AvgIpc) is 2.89. The van der Waals surface area contributed by atoms with Crippen LogP contribution in [0, 0.1) is 0 Å². The molecular formula is C15H16N2O4. The number of nitrogens with one attached hydrogen (secondary N) is 1. The fourth-order valence-corrected chi connectivity index (χ4v) is 1.90. The maximum absolute atomic E-state index is 11.5.